The van der Waals surface area contributed by atoms with Crippen LogP contribution in [-0.4, -0.2) is 87.0 Å². The number of H-pyrrole nitrogens is 2. The van der Waals surface area contributed by atoms with Gasteiger partial charge in [-0.25, -0.2) is 9.59 Å². The zero-order valence-corrected chi connectivity index (χ0v) is 28.1. The molecule has 2 amide bonds. The number of carbonyl (C=O) groups excluding carboxylic acids is 5. The molecule has 1 fully saturated rings. The minimum absolute atomic E-state index is 0.0565. The third-order valence-electron chi connectivity index (χ3n) is 7.32. The van der Waals surface area contributed by atoms with Crippen LogP contribution in [0.15, 0.2) is 46.2 Å². The summed E-state index contributed by atoms with van der Waals surface area (Å²) in [4.78, 5) is 92.8. The fourth-order valence-corrected chi connectivity index (χ4v) is 5.39. The van der Waals surface area contributed by atoms with Gasteiger partial charge in [0.2, 0.25) is 11.7 Å². The molecule has 6 atom stereocenters. The molecule has 18 heteroatoms. The number of nitrogens with zero attached hydrogens (tertiary/aromatic N) is 1. The van der Waals surface area contributed by atoms with Crippen molar-refractivity contribution in [3.05, 3.63) is 68.9 Å². The summed E-state index contributed by atoms with van der Waals surface area (Å²) >= 11 is 0. The van der Waals surface area contributed by atoms with Crippen molar-refractivity contribution >= 4 is 40.8 Å². The first kappa shape index (κ1) is 37.3. The fourth-order valence-electron chi connectivity index (χ4n) is 5.39. The molecule has 1 aromatic carbocycles. The highest BCUT2D eigenvalue weighted by atomic mass is 19.1. The Morgan fingerprint density at radius 2 is 1.64 bits per heavy atom. The molecule has 0 aliphatic carbocycles. The molecule has 0 radical (unpaired) electrons. The Labute approximate surface area is 283 Å². The molecule has 4 rings (SSSR count). The van der Waals surface area contributed by atoms with Crippen molar-refractivity contribution in [2.75, 3.05) is 6.61 Å². The maximum atomic E-state index is 14.4. The Morgan fingerprint density at radius 3 is 2.28 bits per heavy atom. The van der Waals surface area contributed by atoms with Gasteiger partial charge in [0.05, 0.1) is 12.2 Å². The van der Waals surface area contributed by atoms with E-state index < -0.39 is 95.8 Å². The highest BCUT2D eigenvalue weighted by Gasteiger charge is 2.54. The summed E-state index contributed by atoms with van der Waals surface area (Å²) in [6.07, 6.45) is -5.27. The van der Waals surface area contributed by atoms with E-state index in [-0.39, 0.29) is 6.42 Å². The second-order valence-electron chi connectivity index (χ2n) is 12.5. The van der Waals surface area contributed by atoms with E-state index >= 15 is 0 Å². The molecule has 2 aromatic heterocycles. The van der Waals surface area contributed by atoms with Gasteiger partial charge in [0, 0.05) is 44.3 Å². The van der Waals surface area contributed by atoms with Gasteiger partial charge in [-0.3, -0.25) is 33.5 Å². The third kappa shape index (κ3) is 9.34. The van der Waals surface area contributed by atoms with E-state index in [0.717, 1.165) is 31.7 Å². The minimum Gasteiger partial charge on any atom is -0.464 e. The van der Waals surface area contributed by atoms with E-state index in [1.807, 2.05) is 18.2 Å². The monoisotopic (exact) mass is 703 g/mol. The van der Waals surface area contributed by atoms with Gasteiger partial charge in [-0.15, -0.1) is 0 Å². The summed E-state index contributed by atoms with van der Waals surface area (Å²) in [5, 5.41) is 5.98. The first-order chi connectivity index (χ1) is 23.4. The lowest BCUT2D eigenvalue weighted by molar-refractivity contribution is -0.166. The Kier molecular flexibility index (Phi) is 11.5. The summed E-state index contributed by atoms with van der Waals surface area (Å²) < 4.78 is 42.4. The van der Waals surface area contributed by atoms with Gasteiger partial charge in [0.1, 0.15) is 24.4 Å². The third-order valence-corrected chi connectivity index (χ3v) is 7.32. The largest absolute Gasteiger partial charge is 0.464 e. The number of esters is 3. The van der Waals surface area contributed by atoms with Crippen molar-refractivity contribution in [1.82, 2.24) is 25.2 Å². The van der Waals surface area contributed by atoms with E-state index in [2.05, 4.69) is 15.6 Å². The number of halogens is 1. The normalized spacial score (nSPS) is 20.0. The zero-order valence-electron chi connectivity index (χ0n) is 28.1. The van der Waals surface area contributed by atoms with Gasteiger partial charge < -0.3 is 39.3 Å². The summed E-state index contributed by atoms with van der Waals surface area (Å²) in [5.74, 6) is -4.81. The number of nitrogens with one attached hydrogen (secondary N) is 4. The van der Waals surface area contributed by atoms with Gasteiger partial charge >= 0.3 is 29.7 Å². The molecule has 0 unspecified atom stereocenters. The zero-order chi connectivity index (χ0) is 36.9. The molecule has 50 heavy (non-hydrogen) atoms. The van der Waals surface area contributed by atoms with Crippen LogP contribution >= 0.6 is 0 Å². The molecule has 1 aliphatic heterocycles. The summed E-state index contributed by atoms with van der Waals surface area (Å²) in [6, 6.07) is 4.54. The molecule has 3 heterocycles. The SMILES string of the molecule is CC(=O)OC[C@H](NC(=O)[C@H](Cc1c[nH]c2ccccc12)NC(=O)OC(C)(C)C)[C@H]1O[C@@H](n2cc(F)c(=O)[nH]c2=O)[C@@H](OC(C)=O)[C@H]1OC(C)=O. The number of ether oxygens (including phenoxy) is 5. The van der Waals surface area contributed by atoms with E-state index in [4.69, 9.17) is 23.7 Å². The van der Waals surface area contributed by atoms with Crippen LogP contribution in [0.2, 0.25) is 0 Å². The van der Waals surface area contributed by atoms with E-state index in [9.17, 15) is 38.0 Å². The van der Waals surface area contributed by atoms with Gasteiger partial charge in [-0.05, 0) is 32.4 Å². The van der Waals surface area contributed by atoms with E-state index in [1.54, 1.807) is 38.0 Å². The van der Waals surface area contributed by atoms with Crippen molar-refractivity contribution in [1.29, 1.82) is 0 Å². The molecule has 3 aromatic rings. The second kappa shape index (κ2) is 15.4. The average Bonchev–Trinajstić information content (AvgIpc) is 3.56. The Morgan fingerprint density at radius 1 is 0.980 bits per heavy atom. The summed E-state index contributed by atoms with van der Waals surface area (Å²) in [6.45, 7) is 7.44. The molecule has 4 N–H and O–H groups in total. The Bertz CT molecular complexity index is 1880. The van der Waals surface area contributed by atoms with Crippen LogP contribution in [0.5, 0.6) is 0 Å². The highest BCUT2D eigenvalue weighted by molar-refractivity contribution is 5.88. The Hall–Kier alpha value is -5.52. The van der Waals surface area contributed by atoms with Crippen molar-refractivity contribution in [3.63, 3.8) is 0 Å². The maximum absolute atomic E-state index is 14.4. The standard InChI is InChI=1S/C32H38FN5O12/c1-15(39)46-14-23(24-25(47-16(2)40)26(48-17(3)41)29(49-24)38-13-20(33)27(42)37-30(38)44)35-28(43)22(36-31(45)50-32(4,5)6)11-18-12-34-21-10-8-7-9-19(18)21/h7-10,12-13,22-26,29,34H,11,14H2,1-6H3,(H,35,43)(H,36,45)(H,37,42,44)/t22-,23-,24+,25-,26-,29+/m0/s1. The molecular formula is C32H38FN5O12. The van der Waals surface area contributed by atoms with Gasteiger partial charge in [0.15, 0.2) is 18.4 Å². The molecule has 270 valence electrons. The van der Waals surface area contributed by atoms with Crippen molar-refractivity contribution in [2.24, 2.45) is 0 Å². The van der Waals surface area contributed by atoms with E-state index in [1.165, 1.54) is 0 Å². The topological polar surface area (TPSA) is 226 Å². The first-order valence-electron chi connectivity index (χ1n) is 15.4. The number of aromatic nitrogens is 3. The lowest BCUT2D eigenvalue weighted by Gasteiger charge is -2.30. The number of carbonyl (C=O) groups is 5. The van der Waals surface area contributed by atoms with Crippen LogP contribution in [0.25, 0.3) is 10.9 Å². The number of para-hydroxylation sites is 1. The Balaban J connectivity index is 1.75. The summed E-state index contributed by atoms with van der Waals surface area (Å²) in [7, 11) is 0. The number of benzene rings is 1. The lowest BCUT2D eigenvalue weighted by atomic mass is 10.0. The van der Waals surface area contributed by atoms with Crippen LogP contribution in [-0.2, 0) is 49.3 Å². The van der Waals surface area contributed by atoms with Crippen LogP contribution in [0.3, 0.4) is 0 Å². The minimum atomic E-state index is -1.72. The van der Waals surface area contributed by atoms with Crippen LogP contribution in [0.1, 0.15) is 53.3 Å². The summed E-state index contributed by atoms with van der Waals surface area (Å²) in [5.41, 5.74) is -2.00. The lowest BCUT2D eigenvalue weighted by Crippen LogP contribution is -2.57. The van der Waals surface area contributed by atoms with Crippen molar-refractivity contribution in [2.45, 2.75) is 90.2 Å². The van der Waals surface area contributed by atoms with Gasteiger partial charge in [0.25, 0.3) is 5.56 Å². The molecule has 17 nitrogen and oxygen atoms in total. The predicted octanol–water partition coefficient (Wildman–Crippen LogP) is 1.10. The number of hydrogen-bond donors (Lipinski definition) is 4. The quantitative estimate of drug-likeness (QED) is 0.163. The predicted molar refractivity (Wildman–Crippen MR) is 170 cm³/mol. The van der Waals surface area contributed by atoms with Crippen LogP contribution in [0, 0.1) is 5.82 Å². The van der Waals surface area contributed by atoms with Gasteiger partial charge in [-0.1, -0.05) is 18.2 Å². The number of hydrogen-bond acceptors (Lipinski definition) is 12. The van der Waals surface area contributed by atoms with Crippen molar-refractivity contribution in [3.8, 4) is 0 Å². The van der Waals surface area contributed by atoms with Gasteiger partial charge in [-0.2, -0.15) is 4.39 Å². The fraction of sp³-hybridized carbons (Fsp3) is 0.469. The molecule has 0 bridgehead atoms. The maximum Gasteiger partial charge on any atom is 0.408 e. The number of rotatable bonds is 11. The molecule has 1 aliphatic rings. The molecule has 1 saturated heterocycles. The number of alkyl carbamates (subject to hydrolysis) is 1. The van der Waals surface area contributed by atoms with Crippen LogP contribution in [0.4, 0.5) is 9.18 Å². The van der Waals surface area contributed by atoms with Crippen molar-refractivity contribution < 1.29 is 52.0 Å². The molecule has 0 saturated carbocycles. The highest BCUT2D eigenvalue weighted by Crippen LogP contribution is 2.35. The molecular weight excluding hydrogens is 665 g/mol. The number of amides is 2. The van der Waals surface area contributed by atoms with Crippen LogP contribution < -0.4 is 21.9 Å². The van der Waals surface area contributed by atoms with E-state index in [0.29, 0.717) is 16.3 Å². The average molecular weight is 704 g/mol. The number of fused-ring (bicyclic) bond motifs is 1. The number of aromatic amines is 2. The first-order valence-corrected chi connectivity index (χ1v) is 15.4. The smallest absolute Gasteiger partial charge is 0.408 e. The second-order valence-corrected chi connectivity index (χ2v) is 12.5. The molecule has 0 spiro atoms.